The van der Waals surface area contributed by atoms with Crippen LogP contribution in [0.3, 0.4) is 0 Å². The van der Waals surface area contributed by atoms with Gasteiger partial charge in [0, 0.05) is 17.0 Å². The average molecular weight is 363 g/mol. The summed E-state index contributed by atoms with van der Waals surface area (Å²) < 4.78 is 33.3. The monoisotopic (exact) mass is 363 g/mol. The van der Waals surface area contributed by atoms with Gasteiger partial charge in [0.25, 0.3) is 10.0 Å². The maximum atomic E-state index is 12.9. The highest BCUT2D eigenvalue weighted by Gasteiger charge is 2.50. The van der Waals surface area contributed by atoms with Gasteiger partial charge < -0.3 is 4.74 Å². The first-order valence-corrected chi connectivity index (χ1v) is 10.1. The van der Waals surface area contributed by atoms with Crippen LogP contribution < -0.4 is 0 Å². The molecule has 0 saturated carbocycles. The van der Waals surface area contributed by atoms with Crippen LogP contribution in [0.15, 0.2) is 40.6 Å². The molecule has 3 heterocycles. The molecule has 1 unspecified atom stereocenters. The molecule has 1 fully saturated rings. The number of esters is 1. The molecule has 1 aromatic heterocycles. The number of fused-ring (bicyclic) bond motifs is 2. The number of carbonyl (C=O) groups is 1. The molecule has 4 rings (SSSR count). The number of benzene rings is 1. The summed E-state index contributed by atoms with van der Waals surface area (Å²) in [7, 11) is -3.56. The third-order valence-corrected chi connectivity index (χ3v) is 7.97. The van der Waals surface area contributed by atoms with Gasteiger partial charge in [0.1, 0.15) is 4.21 Å². The fraction of sp³-hybridized carbons (Fsp3) is 0.353. The van der Waals surface area contributed by atoms with Gasteiger partial charge in [-0.15, -0.1) is 11.3 Å². The normalized spacial score (nSPS) is 24.1. The van der Waals surface area contributed by atoms with E-state index in [-0.39, 0.29) is 12.5 Å². The largest absolute Gasteiger partial charge is 0.449 e. The number of sulfonamides is 1. The van der Waals surface area contributed by atoms with Gasteiger partial charge in [0.15, 0.2) is 5.60 Å². The highest BCUT2D eigenvalue weighted by atomic mass is 32.2. The number of ether oxygens (including phenoxy) is 1. The SMILES string of the molecule is Cc1ccc(S(=O)(=O)N2CCCC3(C2)OC(=O)c2ccccc23)s1. The summed E-state index contributed by atoms with van der Waals surface area (Å²) in [4.78, 5) is 13.1. The molecule has 0 bridgehead atoms. The van der Waals surface area contributed by atoms with Crippen LogP contribution in [-0.4, -0.2) is 31.8 Å². The lowest BCUT2D eigenvalue weighted by molar-refractivity contribution is -0.0345. The number of aryl methyl sites for hydroxylation is 1. The summed E-state index contributed by atoms with van der Waals surface area (Å²) >= 11 is 1.27. The van der Waals surface area contributed by atoms with E-state index in [1.807, 2.05) is 25.1 Å². The zero-order valence-corrected chi connectivity index (χ0v) is 14.8. The summed E-state index contributed by atoms with van der Waals surface area (Å²) in [5.41, 5.74) is 0.492. The second kappa shape index (κ2) is 5.40. The van der Waals surface area contributed by atoms with Crippen LogP contribution in [-0.2, 0) is 20.4 Å². The second-order valence-corrected chi connectivity index (χ2v) is 9.69. The maximum Gasteiger partial charge on any atom is 0.339 e. The van der Waals surface area contributed by atoms with E-state index < -0.39 is 15.6 Å². The van der Waals surface area contributed by atoms with Crippen LogP contribution in [0.1, 0.15) is 33.6 Å². The highest BCUT2D eigenvalue weighted by molar-refractivity contribution is 7.91. The number of rotatable bonds is 2. The number of piperidine rings is 1. The first kappa shape index (κ1) is 15.8. The molecule has 1 atom stereocenters. The van der Waals surface area contributed by atoms with E-state index in [1.165, 1.54) is 15.6 Å². The van der Waals surface area contributed by atoms with Crippen LogP contribution in [0.5, 0.6) is 0 Å². The minimum absolute atomic E-state index is 0.176. The molecule has 24 heavy (non-hydrogen) atoms. The van der Waals surface area contributed by atoms with Crippen molar-refractivity contribution in [3.8, 4) is 0 Å². The first-order valence-electron chi connectivity index (χ1n) is 7.82. The standard InChI is InChI=1S/C17H17NO4S2/c1-12-7-8-15(23-12)24(20,21)18-10-4-9-17(11-18)14-6-3-2-5-13(14)16(19)22-17/h2-3,5-8H,4,9-11H2,1H3. The van der Waals surface area contributed by atoms with Crippen LogP contribution in [0.4, 0.5) is 0 Å². The summed E-state index contributed by atoms with van der Waals surface area (Å²) in [6, 6.07) is 10.7. The van der Waals surface area contributed by atoms with E-state index in [0.29, 0.717) is 29.2 Å². The number of hydrogen-bond donors (Lipinski definition) is 0. The van der Waals surface area contributed by atoms with Crippen molar-refractivity contribution in [2.75, 3.05) is 13.1 Å². The van der Waals surface area contributed by atoms with Gasteiger partial charge in [-0.3, -0.25) is 0 Å². The van der Waals surface area contributed by atoms with Gasteiger partial charge in [-0.2, -0.15) is 4.31 Å². The summed E-state index contributed by atoms with van der Waals surface area (Å²) in [6.07, 6.45) is 1.30. The van der Waals surface area contributed by atoms with Gasteiger partial charge in [-0.1, -0.05) is 18.2 Å². The number of nitrogens with zero attached hydrogens (tertiary/aromatic N) is 1. The lowest BCUT2D eigenvalue weighted by atomic mass is 9.86. The van der Waals surface area contributed by atoms with Crippen molar-refractivity contribution >= 4 is 27.3 Å². The zero-order valence-electron chi connectivity index (χ0n) is 13.2. The lowest BCUT2D eigenvalue weighted by Crippen LogP contribution is -2.48. The Morgan fingerprint density at radius 1 is 1.21 bits per heavy atom. The van der Waals surface area contributed by atoms with Crippen molar-refractivity contribution in [3.63, 3.8) is 0 Å². The molecule has 1 saturated heterocycles. The minimum Gasteiger partial charge on any atom is -0.449 e. The van der Waals surface area contributed by atoms with Crippen LogP contribution in [0.25, 0.3) is 0 Å². The van der Waals surface area contributed by atoms with E-state index >= 15 is 0 Å². The lowest BCUT2D eigenvalue weighted by Gasteiger charge is -2.38. The van der Waals surface area contributed by atoms with E-state index in [1.54, 1.807) is 18.2 Å². The Balaban J connectivity index is 1.72. The Hall–Kier alpha value is -1.70. The van der Waals surface area contributed by atoms with Gasteiger partial charge in [0.05, 0.1) is 12.1 Å². The van der Waals surface area contributed by atoms with E-state index in [2.05, 4.69) is 0 Å². The summed E-state index contributed by atoms with van der Waals surface area (Å²) in [5, 5.41) is 0. The van der Waals surface area contributed by atoms with Crippen LogP contribution in [0.2, 0.25) is 0 Å². The summed E-state index contributed by atoms with van der Waals surface area (Å²) in [6.45, 7) is 2.51. The molecule has 0 N–H and O–H groups in total. The predicted molar refractivity (Wildman–Crippen MR) is 90.6 cm³/mol. The number of carbonyl (C=O) groups excluding carboxylic acids is 1. The van der Waals surface area contributed by atoms with Gasteiger partial charge >= 0.3 is 5.97 Å². The molecule has 1 aromatic carbocycles. The van der Waals surface area contributed by atoms with Crippen molar-refractivity contribution in [1.82, 2.24) is 4.31 Å². The fourth-order valence-electron chi connectivity index (χ4n) is 3.52. The van der Waals surface area contributed by atoms with Crippen molar-refractivity contribution < 1.29 is 17.9 Å². The Morgan fingerprint density at radius 2 is 2.00 bits per heavy atom. The maximum absolute atomic E-state index is 12.9. The molecule has 7 heteroatoms. The molecule has 126 valence electrons. The Kier molecular flexibility index (Phi) is 3.56. The third-order valence-electron chi connectivity index (χ3n) is 4.66. The van der Waals surface area contributed by atoms with E-state index in [4.69, 9.17) is 4.74 Å². The van der Waals surface area contributed by atoms with E-state index in [9.17, 15) is 13.2 Å². The Bertz CT molecular complexity index is 918. The Labute approximate surface area is 144 Å². The molecule has 0 amide bonds. The molecule has 2 aliphatic heterocycles. The van der Waals surface area contributed by atoms with Crippen LogP contribution >= 0.6 is 11.3 Å². The molecular weight excluding hydrogens is 346 g/mol. The van der Waals surface area contributed by atoms with Gasteiger partial charge in [-0.25, -0.2) is 13.2 Å². The second-order valence-electron chi connectivity index (χ2n) is 6.24. The molecule has 1 spiro atoms. The molecule has 0 radical (unpaired) electrons. The minimum atomic E-state index is -3.56. The van der Waals surface area contributed by atoms with Crippen molar-refractivity contribution in [1.29, 1.82) is 0 Å². The topological polar surface area (TPSA) is 63.7 Å². The molecule has 2 aliphatic rings. The van der Waals surface area contributed by atoms with Gasteiger partial charge in [-0.05, 0) is 38.0 Å². The first-order chi connectivity index (χ1) is 11.4. The number of hydrogen-bond acceptors (Lipinski definition) is 5. The number of thiophene rings is 1. The molecule has 2 aromatic rings. The fourth-order valence-corrected chi connectivity index (χ4v) is 6.48. The highest BCUT2D eigenvalue weighted by Crippen LogP contribution is 2.44. The quantitative estimate of drug-likeness (QED) is 0.770. The predicted octanol–water partition coefficient (Wildman–Crippen LogP) is 2.91. The molecule has 0 aliphatic carbocycles. The van der Waals surface area contributed by atoms with Crippen LogP contribution in [0, 0.1) is 6.92 Å². The van der Waals surface area contributed by atoms with Crippen molar-refractivity contribution in [2.24, 2.45) is 0 Å². The van der Waals surface area contributed by atoms with Gasteiger partial charge in [0.2, 0.25) is 0 Å². The molecule has 5 nitrogen and oxygen atoms in total. The molecular formula is C17H17NO4S2. The average Bonchev–Trinajstić information content (AvgIpc) is 3.12. The zero-order chi connectivity index (χ0) is 16.9. The van der Waals surface area contributed by atoms with E-state index in [0.717, 1.165) is 10.4 Å². The van der Waals surface area contributed by atoms with Crippen molar-refractivity contribution in [2.45, 2.75) is 29.6 Å². The third kappa shape index (κ3) is 2.30. The van der Waals surface area contributed by atoms with Crippen molar-refractivity contribution in [3.05, 3.63) is 52.4 Å². The summed E-state index contributed by atoms with van der Waals surface area (Å²) in [5.74, 6) is -0.364. The Morgan fingerprint density at radius 3 is 2.75 bits per heavy atom. The smallest absolute Gasteiger partial charge is 0.339 e.